The molecule has 1 aromatic rings. The minimum absolute atomic E-state index is 0.223. The largest absolute Gasteiger partial charge is 0.508 e. The van der Waals surface area contributed by atoms with E-state index in [4.69, 9.17) is 0 Å². The normalized spacial score (nSPS) is 20.9. The Kier molecular flexibility index (Phi) is 3.69. The molecule has 94 valence electrons. The molecule has 0 saturated carbocycles. The van der Waals surface area contributed by atoms with Gasteiger partial charge >= 0.3 is 0 Å². The molecule has 0 amide bonds. The number of phenols is 1. The first-order valence-electron chi connectivity index (χ1n) is 5.76. The lowest BCUT2D eigenvalue weighted by Gasteiger charge is -2.19. The van der Waals surface area contributed by atoms with Crippen LogP contribution in [0.5, 0.6) is 5.75 Å². The summed E-state index contributed by atoms with van der Waals surface area (Å²) in [6.45, 7) is 1.94. The first-order valence-corrected chi connectivity index (χ1v) is 7.59. The van der Waals surface area contributed by atoms with Gasteiger partial charge < -0.3 is 5.11 Å². The van der Waals surface area contributed by atoms with E-state index in [2.05, 4.69) is 4.90 Å². The third kappa shape index (κ3) is 3.44. The maximum absolute atomic E-state index is 11.5. The highest BCUT2D eigenvalue weighted by Crippen LogP contribution is 2.18. The summed E-state index contributed by atoms with van der Waals surface area (Å²) in [5.41, 5.74) is 0.854. The van der Waals surface area contributed by atoms with E-state index in [1.165, 1.54) is 0 Å². The molecular weight excluding hydrogens is 238 g/mol. The van der Waals surface area contributed by atoms with E-state index >= 15 is 0 Å². The van der Waals surface area contributed by atoms with Crippen molar-refractivity contribution in [1.82, 2.24) is 4.90 Å². The van der Waals surface area contributed by atoms with Crippen LogP contribution >= 0.6 is 0 Å². The number of nitrogens with zero attached hydrogens (tertiary/aromatic N) is 1. The fourth-order valence-electron chi connectivity index (χ4n) is 2.03. The van der Waals surface area contributed by atoms with Gasteiger partial charge in [0.15, 0.2) is 9.84 Å². The Balaban J connectivity index is 2.03. The van der Waals surface area contributed by atoms with E-state index < -0.39 is 9.84 Å². The molecule has 0 radical (unpaired) electrons. The average molecular weight is 255 g/mol. The minimum Gasteiger partial charge on any atom is -0.508 e. The Morgan fingerprint density at radius 1 is 1.18 bits per heavy atom. The highest BCUT2D eigenvalue weighted by Gasteiger charge is 2.19. The number of aromatic hydroxyl groups is 1. The molecule has 1 aromatic carbocycles. The van der Waals surface area contributed by atoms with E-state index in [0.717, 1.165) is 12.1 Å². The number of hydrogen-bond acceptors (Lipinski definition) is 4. The second-order valence-corrected chi connectivity index (χ2v) is 6.71. The lowest BCUT2D eigenvalue weighted by atomic mass is 10.2. The summed E-state index contributed by atoms with van der Waals surface area (Å²) in [5.74, 6) is 0.782. The van der Waals surface area contributed by atoms with Crippen LogP contribution in [-0.2, 0) is 16.4 Å². The average Bonchev–Trinajstić information content (AvgIpc) is 2.44. The Bertz CT molecular complexity index is 484. The van der Waals surface area contributed by atoms with Crippen molar-refractivity contribution in [3.63, 3.8) is 0 Å². The summed E-state index contributed by atoms with van der Waals surface area (Å²) < 4.78 is 22.9. The van der Waals surface area contributed by atoms with Crippen LogP contribution in [0.1, 0.15) is 12.0 Å². The number of sulfone groups is 1. The third-order valence-corrected chi connectivity index (χ3v) is 4.75. The van der Waals surface area contributed by atoms with Gasteiger partial charge in [0, 0.05) is 18.7 Å². The molecule has 0 atom stereocenters. The van der Waals surface area contributed by atoms with E-state index in [9.17, 15) is 13.5 Å². The van der Waals surface area contributed by atoms with Crippen molar-refractivity contribution < 1.29 is 13.5 Å². The van der Waals surface area contributed by atoms with Crippen LogP contribution in [0.2, 0.25) is 0 Å². The monoisotopic (exact) mass is 255 g/mol. The predicted octanol–water partition coefficient (Wildman–Crippen LogP) is 1.01. The third-order valence-electron chi connectivity index (χ3n) is 3.03. The molecule has 2 rings (SSSR count). The van der Waals surface area contributed by atoms with Crippen LogP contribution < -0.4 is 0 Å². The topological polar surface area (TPSA) is 57.6 Å². The summed E-state index contributed by atoms with van der Waals surface area (Å²) in [7, 11) is -2.86. The van der Waals surface area contributed by atoms with Crippen molar-refractivity contribution in [2.24, 2.45) is 0 Å². The van der Waals surface area contributed by atoms with Gasteiger partial charge in [-0.05, 0) is 19.0 Å². The Labute approximate surface area is 102 Å². The first kappa shape index (κ1) is 12.4. The Morgan fingerprint density at radius 2 is 1.94 bits per heavy atom. The lowest BCUT2D eigenvalue weighted by molar-refractivity contribution is 0.282. The van der Waals surface area contributed by atoms with Gasteiger partial charge in [-0.15, -0.1) is 0 Å². The zero-order valence-corrected chi connectivity index (χ0v) is 10.5. The number of rotatable bonds is 2. The fraction of sp³-hybridized carbons (Fsp3) is 0.500. The van der Waals surface area contributed by atoms with Gasteiger partial charge in [0.05, 0.1) is 11.5 Å². The van der Waals surface area contributed by atoms with Crippen molar-refractivity contribution in [2.75, 3.05) is 24.6 Å². The minimum atomic E-state index is -2.86. The van der Waals surface area contributed by atoms with Gasteiger partial charge in [0.2, 0.25) is 0 Å². The van der Waals surface area contributed by atoms with Crippen LogP contribution in [0.15, 0.2) is 24.3 Å². The number of benzene rings is 1. The second-order valence-electron chi connectivity index (χ2n) is 4.41. The highest BCUT2D eigenvalue weighted by atomic mass is 32.2. The maximum atomic E-state index is 11.5. The van der Waals surface area contributed by atoms with E-state index in [1.807, 2.05) is 12.1 Å². The van der Waals surface area contributed by atoms with Crippen molar-refractivity contribution in [2.45, 2.75) is 13.0 Å². The molecule has 1 aliphatic heterocycles. The van der Waals surface area contributed by atoms with Gasteiger partial charge in [-0.3, -0.25) is 4.90 Å². The Hall–Kier alpha value is -1.07. The smallest absolute Gasteiger partial charge is 0.151 e. The molecule has 0 aromatic heterocycles. The quantitative estimate of drug-likeness (QED) is 0.857. The molecular formula is C12H17NO3S. The van der Waals surface area contributed by atoms with Crippen LogP contribution in [0.3, 0.4) is 0 Å². The molecule has 0 bridgehead atoms. The molecule has 1 saturated heterocycles. The summed E-state index contributed by atoms with van der Waals surface area (Å²) in [6.07, 6.45) is 0.677. The van der Waals surface area contributed by atoms with E-state index in [-0.39, 0.29) is 17.3 Å². The van der Waals surface area contributed by atoms with Crippen molar-refractivity contribution in [3.8, 4) is 5.75 Å². The van der Waals surface area contributed by atoms with Gasteiger partial charge in [0.1, 0.15) is 5.75 Å². The molecule has 0 spiro atoms. The number of phenolic OH excluding ortho intramolecular Hbond substituents is 1. The Morgan fingerprint density at radius 3 is 2.71 bits per heavy atom. The maximum Gasteiger partial charge on any atom is 0.151 e. The van der Waals surface area contributed by atoms with Gasteiger partial charge in [-0.2, -0.15) is 0 Å². The molecule has 1 aliphatic rings. The van der Waals surface area contributed by atoms with Crippen LogP contribution in [0.4, 0.5) is 0 Å². The van der Waals surface area contributed by atoms with E-state index in [0.29, 0.717) is 19.5 Å². The van der Waals surface area contributed by atoms with Gasteiger partial charge in [-0.1, -0.05) is 18.2 Å². The second kappa shape index (κ2) is 5.06. The predicted molar refractivity (Wildman–Crippen MR) is 66.7 cm³/mol. The molecule has 0 aliphatic carbocycles. The summed E-state index contributed by atoms with van der Waals surface area (Å²) in [4.78, 5) is 2.08. The molecule has 1 N–H and O–H groups in total. The van der Waals surface area contributed by atoms with Gasteiger partial charge in [-0.25, -0.2) is 8.42 Å². The SMILES string of the molecule is O=S1(=O)CCCN(Cc2ccccc2O)CC1. The molecule has 4 nitrogen and oxygen atoms in total. The first-order chi connectivity index (χ1) is 8.07. The molecule has 17 heavy (non-hydrogen) atoms. The van der Waals surface area contributed by atoms with Crippen molar-refractivity contribution in [1.29, 1.82) is 0 Å². The number of hydrogen-bond donors (Lipinski definition) is 1. The highest BCUT2D eigenvalue weighted by molar-refractivity contribution is 7.91. The van der Waals surface area contributed by atoms with Crippen molar-refractivity contribution >= 4 is 9.84 Å². The summed E-state index contributed by atoms with van der Waals surface area (Å²) in [6, 6.07) is 7.19. The van der Waals surface area contributed by atoms with Crippen LogP contribution in [0.25, 0.3) is 0 Å². The zero-order chi connectivity index (χ0) is 12.3. The summed E-state index contributed by atoms with van der Waals surface area (Å²) in [5, 5.41) is 9.67. The molecule has 5 heteroatoms. The van der Waals surface area contributed by atoms with Crippen molar-refractivity contribution in [3.05, 3.63) is 29.8 Å². The lowest BCUT2D eigenvalue weighted by Crippen LogP contribution is -2.26. The van der Waals surface area contributed by atoms with Gasteiger partial charge in [0.25, 0.3) is 0 Å². The zero-order valence-electron chi connectivity index (χ0n) is 9.67. The molecule has 1 fully saturated rings. The van der Waals surface area contributed by atoms with Crippen LogP contribution in [0, 0.1) is 0 Å². The number of para-hydroxylation sites is 1. The molecule has 1 heterocycles. The van der Waals surface area contributed by atoms with E-state index in [1.54, 1.807) is 12.1 Å². The fourth-order valence-corrected chi connectivity index (χ4v) is 3.34. The van der Waals surface area contributed by atoms with Crippen LogP contribution in [-0.4, -0.2) is 43.0 Å². The summed E-state index contributed by atoms with van der Waals surface area (Å²) >= 11 is 0. The standard InChI is InChI=1S/C12H17NO3S/c14-12-5-2-1-4-11(12)10-13-6-3-8-17(15,16)9-7-13/h1-2,4-5,14H,3,6-10H2. The molecule has 0 unspecified atom stereocenters.